The Hall–Kier alpha value is -4.97. The number of aliphatic hydroxyl groups excluding tert-OH is 2. The first-order valence-electron chi connectivity index (χ1n) is 16.5. The van der Waals surface area contributed by atoms with Crippen molar-refractivity contribution >= 4 is 47.5 Å². The fourth-order valence-electron chi connectivity index (χ4n) is 5.80. The van der Waals surface area contributed by atoms with Crippen LogP contribution in [0.15, 0.2) is 82.4 Å². The number of nitrogens with zero attached hydrogens (tertiary/aromatic N) is 1. The first kappa shape index (κ1) is 39.2. The van der Waals surface area contributed by atoms with Gasteiger partial charge in [-0.05, 0) is 24.3 Å². The molecule has 284 valence electrons. The number of rotatable bonds is 13. The maximum Gasteiger partial charge on any atom is 0.373 e. The fraction of sp³-hybridized carbons (Fsp3) is 0.444. The highest BCUT2D eigenvalue weighted by atomic mass is 32.2. The molecule has 1 saturated heterocycles. The van der Waals surface area contributed by atoms with Crippen molar-refractivity contribution in [1.82, 2.24) is 0 Å². The smallest absolute Gasteiger partial charge is 0.373 e. The van der Waals surface area contributed by atoms with Gasteiger partial charge in [0, 0.05) is 38.7 Å². The van der Waals surface area contributed by atoms with Gasteiger partial charge in [0.25, 0.3) is 0 Å². The molecule has 53 heavy (non-hydrogen) atoms. The van der Waals surface area contributed by atoms with Crippen molar-refractivity contribution in [2.24, 2.45) is 4.99 Å². The lowest BCUT2D eigenvalue weighted by Gasteiger charge is -2.42. The third-order valence-corrected chi connectivity index (χ3v) is 9.28. The first-order valence-corrected chi connectivity index (χ1v) is 17.4. The van der Waals surface area contributed by atoms with E-state index in [-0.39, 0.29) is 11.5 Å². The van der Waals surface area contributed by atoms with Crippen molar-refractivity contribution in [2.75, 3.05) is 13.2 Å². The Bertz CT molecular complexity index is 1700. The Morgan fingerprint density at radius 1 is 0.830 bits per heavy atom. The van der Waals surface area contributed by atoms with Gasteiger partial charge < -0.3 is 48.1 Å². The standard InChI is InChI=1S/C36H39NO15S/c1-18-37-28-24(47-18)15-25(50-32(28)31(49-21(4)40)27(48-20(3)39)17-45-19(2)38)35(44)52-33-30(42)29(41)26(16-46-34(43)22-11-7-5-8-12-22)51-36(33)53-23-13-9-6-10-14-23/h5-15,24,26-33,36,41-42H,16-17H2,1-4H3/t24-,26-,27-,28-,29+,30+,31-,32-,33-,36+/m1/s1. The van der Waals surface area contributed by atoms with Crippen LogP contribution in [0.2, 0.25) is 0 Å². The number of carbonyl (C=O) groups is 5. The molecule has 10 atom stereocenters. The number of hydrogen-bond donors (Lipinski definition) is 2. The highest BCUT2D eigenvalue weighted by Gasteiger charge is 2.52. The summed E-state index contributed by atoms with van der Waals surface area (Å²) in [7, 11) is 0. The van der Waals surface area contributed by atoms with E-state index in [1.807, 2.05) is 0 Å². The van der Waals surface area contributed by atoms with E-state index in [1.165, 1.54) is 6.08 Å². The first-order chi connectivity index (χ1) is 25.3. The minimum absolute atomic E-state index is 0.211. The number of ether oxygens (including phenoxy) is 8. The summed E-state index contributed by atoms with van der Waals surface area (Å²) in [5, 5.41) is 22.5. The molecule has 0 radical (unpaired) electrons. The average Bonchev–Trinajstić information content (AvgIpc) is 3.51. The van der Waals surface area contributed by atoms with Gasteiger partial charge in [0.15, 0.2) is 30.3 Å². The van der Waals surface area contributed by atoms with E-state index in [0.29, 0.717) is 4.90 Å². The summed E-state index contributed by atoms with van der Waals surface area (Å²) < 4.78 is 45.1. The predicted octanol–water partition coefficient (Wildman–Crippen LogP) is 1.89. The van der Waals surface area contributed by atoms with Crippen LogP contribution in [0.4, 0.5) is 0 Å². The van der Waals surface area contributed by atoms with Gasteiger partial charge in [-0.1, -0.05) is 48.2 Å². The van der Waals surface area contributed by atoms with Crippen LogP contribution in [0.5, 0.6) is 0 Å². The highest BCUT2D eigenvalue weighted by molar-refractivity contribution is 7.99. The molecule has 0 unspecified atom stereocenters. The molecule has 1 fully saturated rings. The molecule has 0 bridgehead atoms. The highest BCUT2D eigenvalue weighted by Crippen LogP contribution is 2.37. The van der Waals surface area contributed by atoms with Gasteiger partial charge in [0.1, 0.15) is 49.1 Å². The molecule has 2 aromatic rings. The number of benzene rings is 2. The quantitative estimate of drug-likeness (QED) is 0.221. The Labute approximate surface area is 308 Å². The van der Waals surface area contributed by atoms with E-state index in [9.17, 15) is 34.2 Å². The van der Waals surface area contributed by atoms with Crippen LogP contribution in [0, 0.1) is 0 Å². The van der Waals surface area contributed by atoms with E-state index in [4.69, 9.17) is 37.9 Å². The Kier molecular flexibility index (Phi) is 13.1. The molecule has 0 aromatic heterocycles. The van der Waals surface area contributed by atoms with Gasteiger partial charge in [-0.2, -0.15) is 0 Å². The molecule has 2 N–H and O–H groups in total. The van der Waals surface area contributed by atoms with Crippen LogP contribution in [0.1, 0.15) is 38.1 Å². The molecule has 3 aliphatic heterocycles. The summed E-state index contributed by atoms with van der Waals surface area (Å²) in [5.41, 5.74) is -0.859. The Morgan fingerprint density at radius 2 is 1.49 bits per heavy atom. The van der Waals surface area contributed by atoms with Crippen LogP contribution >= 0.6 is 11.8 Å². The summed E-state index contributed by atoms with van der Waals surface area (Å²) in [5.74, 6) is -4.34. The van der Waals surface area contributed by atoms with E-state index < -0.39 is 109 Å². The molecule has 5 rings (SSSR count). The summed E-state index contributed by atoms with van der Waals surface area (Å²) in [6.45, 7) is 3.94. The molecule has 0 aliphatic carbocycles. The maximum absolute atomic E-state index is 13.9. The van der Waals surface area contributed by atoms with Crippen LogP contribution in [0.3, 0.4) is 0 Å². The molecular formula is C36H39NO15S. The zero-order valence-electron chi connectivity index (χ0n) is 29.1. The average molecular weight is 758 g/mol. The van der Waals surface area contributed by atoms with Crippen LogP contribution in [-0.4, -0.2) is 119 Å². The molecule has 3 aliphatic rings. The van der Waals surface area contributed by atoms with Crippen LogP contribution in [0.25, 0.3) is 0 Å². The van der Waals surface area contributed by atoms with Crippen LogP contribution in [-0.2, 0) is 57.1 Å². The third kappa shape index (κ3) is 10.1. The Balaban J connectivity index is 1.39. The number of hydrogen-bond acceptors (Lipinski definition) is 17. The van der Waals surface area contributed by atoms with E-state index in [1.54, 1.807) is 67.6 Å². The lowest BCUT2D eigenvalue weighted by Crippen LogP contribution is -2.59. The summed E-state index contributed by atoms with van der Waals surface area (Å²) >= 11 is 1.09. The zero-order chi connectivity index (χ0) is 38.2. The SMILES string of the molecule is CC(=O)OC[C@@H](OC(C)=O)[C@@H](OC(C)=O)[C@@H]1OC(C(=O)O[C@@H]2[C@@H](O)[C@@H](O)[C@@H](COC(=O)c3ccccc3)O[C@H]2Sc2ccccc2)=C[C@H]2OC(C)=N[C@@H]12. The lowest BCUT2D eigenvalue weighted by molar-refractivity contribution is -0.220. The molecule has 0 spiro atoms. The van der Waals surface area contributed by atoms with Crippen molar-refractivity contribution in [2.45, 2.75) is 92.9 Å². The van der Waals surface area contributed by atoms with Gasteiger partial charge in [-0.3, -0.25) is 14.4 Å². The summed E-state index contributed by atoms with van der Waals surface area (Å²) in [6.07, 6.45) is -9.98. The minimum atomic E-state index is -1.73. The number of thioether (sulfide) groups is 1. The third-order valence-electron chi connectivity index (χ3n) is 8.12. The van der Waals surface area contributed by atoms with Gasteiger partial charge in [0.2, 0.25) is 5.76 Å². The predicted molar refractivity (Wildman–Crippen MR) is 182 cm³/mol. The second-order valence-corrected chi connectivity index (χ2v) is 13.3. The van der Waals surface area contributed by atoms with Gasteiger partial charge in [-0.25, -0.2) is 14.6 Å². The molecule has 3 heterocycles. The molecule has 17 heteroatoms. The molecule has 16 nitrogen and oxygen atoms in total. The normalized spacial score (nSPS) is 27.2. The van der Waals surface area contributed by atoms with Gasteiger partial charge >= 0.3 is 29.8 Å². The van der Waals surface area contributed by atoms with E-state index in [2.05, 4.69) is 4.99 Å². The molecular weight excluding hydrogens is 718 g/mol. The summed E-state index contributed by atoms with van der Waals surface area (Å²) in [6, 6.07) is 16.1. The van der Waals surface area contributed by atoms with E-state index in [0.717, 1.165) is 32.5 Å². The number of esters is 5. The number of carbonyl (C=O) groups excluding carboxylic acids is 5. The van der Waals surface area contributed by atoms with Crippen molar-refractivity contribution in [1.29, 1.82) is 0 Å². The van der Waals surface area contributed by atoms with Gasteiger partial charge in [0.05, 0.1) is 5.56 Å². The number of aliphatic hydroxyl groups is 2. The van der Waals surface area contributed by atoms with Crippen molar-refractivity contribution in [3.63, 3.8) is 0 Å². The largest absolute Gasteiger partial charge is 0.477 e. The minimum Gasteiger partial charge on any atom is -0.477 e. The fourth-order valence-corrected chi connectivity index (χ4v) is 6.94. The second kappa shape index (κ2) is 17.7. The topological polar surface area (TPSA) is 212 Å². The number of fused-ring (bicyclic) bond motifs is 1. The van der Waals surface area contributed by atoms with Crippen LogP contribution < -0.4 is 0 Å². The van der Waals surface area contributed by atoms with E-state index >= 15 is 0 Å². The second-order valence-electron chi connectivity index (χ2n) is 12.1. The summed E-state index contributed by atoms with van der Waals surface area (Å²) in [4.78, 5) is 67.6. The lowest BCUT2D eigenvalue weighted by atomic mass is 9.94. The number of aliphatic imine (C=N–C) groups is 1. The Morgan fingerprint density at radius 3 is 2.13 bits per heavy atom. The zero-order valence-corrected chi connectivity index (χ0v) is 29.9. The molecule has 2 aromatic carbocycles. The van der Waals surface area contributed by atoms with Crippen molar-refractivity contribution < 1.29 is 72.1 Å². The van der Waals surface area contributed by atoms with Gasteiger partial charge in [-0.15, -0.1) is 0 Å². The molecule has 0 saturated carbocycles. The van der Waals surface area contributed by atoms with Crippen molar-refractivity contribution in [3.05, 3.63) is 78.1 Å². The monoisotopic (exact) mass is 757 g/mol. The van der Waals surface area contributed by atoms with Crippen molar-refractivity contribution in [3.8, 4) is 0 Å². The molecule has 0 amide bonds. The maximum atomic E-state index is 13.9.